The van der Waals surface area contributed by atoms with E-state index in [1.165, 1.54) is 12.8 Å². The Balaban J connectivity index is 1.33. The molecule has 2 fully saturated rings. The third-order valence-electron chi connectivity index (χ3n) is 4.86. The number of carbonyl (C=O) groups is 2. The highest BCUT2D eigenvalue weighted by molar-refractivity contribution is 5.76. The van der Waals surface area contributed by atoms with Gasteiger partial charge < -0.3 is 15.2 Å². The van der Waals surface area contributed by atoms with Gasteiger partial charge in [-0.3, -0.25) is 14.5 Å². The predicted octanol–water partition coefficient (Wildman–Crippen LogP) is 1.90. The standard InChI is InChI=1S/C19H26N2O4/c22-18(8-9-25-17-4-2-1-3-5-17)20-15-10-16(11-15)21(13-19(23)24)12-14-6-7-14/h1-5,14-16H,6-13H2,(H,20,22)(H,23,24). The van der Waals surface area contributed by atoms with Crippen LogP contribution in [0, 0.1) is 5.92 Å². The quantitative estimate of drug-likeness (QED) is 0.676. The van der Waals surface area contributed by atoms with Gasteiger partial charge in [0, 0.05) is 18.6 Å². The lowest BCUT2D eigenvalue weighted by atomic mass is 9.85. The zero-order valence-corrected chi connectivity index (χ0v) is 14.4. The van der Waals surface area contributed by atoms with Gasteiger partial charge in [-0.05, 0) is 43.7 Å². The molecule has 3 rings (SSSR count). The van der Waals surface area contributed by atoms with E-state index in [0.29, 0.717) is 18.9 Å². The molecule has 136 valence electrons. The molecular weight excluding hydrogens is 320 g/mol. The molecule has 0 atom stereocenters. The predicted molar refractivity (Wildman–Crippen MR) is 93.4 cm³/mol. The van der Waals surface area contributed by atoms with Crippen LogP contribution in [0.25, 0.3) is 0 Å². The van der Waals surface area contributed by atoms with Crippen molar-refractivity contribution in [3.05, 3.63) is 30.3 Å². The van der Waals surface area contributed by atoms with E-state index in [9.17, 15) is 9.59 Å². The minimum Gasteiger partial charge on any atom is -0.493 e. The Bertz CT molecular complexity index is 582. The third-order valence-corrected chi connectivity index (χ3v) is 4.86. The van der Waals surface area contributed by atoms with Crippen molar-refractivity contribution >= 4 is 11.9 Å². The van der Waals surface area contributed by atoms with Crippen LogP contribution in [-0.2, 0) is 9.59 Å². The van der Waals surface area contributed by atoms with Crippen LogP contribution >= 0.6 is 0 Å². The van der Waals surface area contributed by atoms with Crippen LogP contribution in [0.2, 0.25) is 0 Å². The largest absolute Gasteiger partial charge is 0.493 e. The fourth-order valence-electron chi connectivity index (χ4n) is 3.23. The highest BCUT2D eigenvalue weighted by atomic mass is 16.5. The average Bonchev–Trinajstić information content (AvgIpc) is 3.34. The van der Waals surface area contributed by atoms with Crippen molar-refractivity contribution in [2.24, 2.45) is 5.92 Å². The van der Waals surface area contributed by atoms with Gasteiger partial charge in [0.1, 0.15) is 5.75 Å². The van der Waals surface area contributed by atoms with E-state index < -0.39 is 5.97 Å². The van der Waals surface area contributed by atoms with E-state index in [1.807, 2.05) is 30.3 Å². The Hall–Kier alpha value is -2.08. The van der Waals surface area contributed by atoms with Gasteiger partial charge in [0.05, 0.1) is 19.6 Å². The SMILES string of the molecule is O=C(O)CN(CC1CC1)C1CC(NC(=O)CCOc2ccccc2)C1. The maximum atomic E-state index is 12.0. The molecule has 0 heterocycles. The zero-order valence-electron chi connectivity index (χ0n) is 14.4. The van der Waals surface area contributed by atoms with Crippen molar-refractivity contribution in [3.63, 3.8) is 0 Å². The summed E-state index contributed by atoms with van der Waals surface area (Å²) in [6.07, 6.45) is 4.43. The van der Waals surface area contributed by atoms with Crippen LogP contribution in [0.3, 0.4) is 0 Å². The molecule has 6 heteroatoms. The number of hydrogen-bond donors (Lipinski definition) is 2. The summed E-state index contributed by atoms with van der Waals surface area (Å²) in [5.74, 6) is 0.657. The molecule has 25 heavy (non-hydrogen) atoms. The van der Waals surface area contributed by atoms with Crippen molar-refractivity contribution in [2.45, 2.75) is 44.2 Å². The van der Waals surface area contributed by atoms with E-state index >= 15 is 0 Å². The molecule has 0 radical (unpaired) electrons. The van der Waals surface area contributed by atoms with Crippen molar-refractivity contribution in [1.82, 2.24) is 10.2 Å². The summed E-state index contributed by atoms with van der Waals surface area (Å²) in [4.78, 5) is 25.1. The molecule has 0 aromatic heterocycles. The Kier molecular flexibility index (Phi) is 5.91. The number of amides is 1. The molecule has 0 saturated heterocycles. The van der Waals surface area contributed by atoms with Gasteiger partial charge in [0.2, 0.25) is 5.91 Å². The third kappa shape index (κ3) is 5.74. The Morgan fingerprint density at radius 3 is 2.56 bits per heavy atom. The molecule has 0 spiro atoms. The van der Waals surface area contributed by atoms with E-state index in [4.69, 9.17) is 9.84 Å². The summed E-state index contributed by atoms with van der Waals surface area (Å²) in [7, 11) is 0. The van der Waals surface area contributed by atoms with Crippen LogP contribution in [-0.4, -0.2) is 53.7 Å². The molecule has 2 aliphatic rings. The molecule has 1 aromatic carbocycles. The number of nitrogens with one attached hydrogen (secondary N) is 1. The Morgan fingerprint density at radius 2 is 1.92 bits per heavy atom. The van der Waals surface area contributed by atoms with Gasteiger partial charge >= 0.3 is 5.97 Å². The topological polar surface area (TPSA) is 78.9 Å². The molecule has 1 aromatic rings. The highest BCUT2D eigenvalue weighted by Crippen LogP contribution is 2.33. The zero-order chi connectivity index (χ0) is 17.6. The van der Waals surface area contributed by atoms with Gasteiger partial charge in [0.15, 0.2) is 0 Å². The molecular formula is C19H26N2O4. The number of hydrogen-bond acceptors (Lipinski definition) is 4. The molecule has 2 N–H and O–H groups in total. The fourth-order valence-corrected chi connectivity index (χ4v) is 3.23. The number of para-hydroxylation sites is 1. The first-order valence-electron chi connectivity index (χ1n) is 9.03. The number of aliphatic carboxylic acids is 1. The summed E-state index contributed by atoms with van der Waals surface area (Å²) in [6.45, 7) is 1.34. The summed E-state index contributed by atoms with van der Waals surface area (Å²) in [5.41, 5.74) is 0. The van der Waals surface area contributed by atoms with Crippen LogP contribution in [0.5, 0.6) is 5.75 Å². The first-order chi connectivity index (χ1) is 12.1. The second-order valence-corrected chi connectivity index (χ2v) is 7.07. The molecule has 0 unspecified atom stereocenters. The van der Waals surface area contributed by atoms with Crippen LogP contribution in [0.1, 0.15) is 32.1 Å². The second-order valence-electron chi connectivity index (χ2n) is 7.07. The van der Waals surface area contributed by atoms with Gasteiger partial charge in [-0.25, -0.2) is 0 Å². The number of ether oxygens (including phenoxy) is 1. The number of carbonyl (C=O) groups excluding carboxylic acids is 1. The smallest absolute Gasteiger partial charge is 0.317 e. The van der Waals surface area contributed by atoms with Crippen molar-refractivity contribution < 1.29 is 19.4 Å². The summed E-state index contributed by atoms with van der Waals surface area (Å²) in [6, 6.07) is 9.88. The first kappa shape index (κ1) is 17.7. The van der Waals surface area contributed by atoms with Crippen molar-refractivity contribution in [2.75, 3.05) is 19.7 Å². The second kappa shape index (κ2) is 8.34. The van der Waals surface area contributed by atoms with Crippen LogP contribution < -0.4 is 10.1 Å². The number of carboxylic acid groups (broad SMARTS) is 1. The number of rotatable bonds is 10. The normalized spacial score (nSPS) is 22.3. The van der Waals surface area contributed by atoms with E-state index in [1.54, 1.807) is 0 Å². The van der Waals surface area contributed by atoms with E-state index in [0.717, 1.165) is 25.1 Å². The molecule has 1 amide bonds. The van der Waals surface area contributed by atoms with Gasteiger partial charge in [-0.2, -0.15) is 0 Å². The number of nitrogens with zero attached hydrogens (tertiary/aromatic N) is 1. The lowest BCUT2D eigenvalue weighted by Gasteiger charge is -2.42. The lowest BCUT2D eigenvalue weighted by Crippen LogP contribution is -2.55. The fraction of sp³-hybridized carbons (Fsp3) is 0.579. The Morgan fingerprint density at radius 1 is 1.20 bits per heavy atom. The van der Waals surface area contributed by atoms with E-state index in [2.05, 4.69) is 10.2 Å². The van der Waals surface area contributed by atoms with Crippen molar-refractivity contribution in [1.29, 1.82) is 0 Å². The molecule has 0 bridgehead atoms. The van der Waals surface area contributed by atoms with Gasteiger partial charge in [-0.15, -0.1) is 0 Å². The van der Waals surface area contributed by atoms with E-state index in [-0.39, 0.29) is 24.5 Å². The number of carboxylic acids is 1. The lowest BCUT2D eigenvalue weighted by molar-refractivity contribution is -0.140. The molecule has 2 saturated carbocycles. The molecule has 0 aliphatic heterocycles. The van der Waals surface area contributed by atoms with Crippen LogP contribution in [0.15, 0.2) is 30.3 Å². The van der Waals surface area contributed by atoms with Crippen LogP contribution in [0.4, 0.5) is 0 Å². The monoisotopic (exact) mass is 346 g/mol. The minimum absolute atomic E-state index is 0.00800. The maximum Gasteiger partial charge on any atom is 0.317 e. The van der Waals surface area contributed by atoms with Crippen molar-refractivity contribution in [3.8, 4) is 5.75 Å². The molecule has 6 nitrogen and oxygen atoms in total. The minimum atomic E-state index is -0.772. The summed E-state index contributed by atoms with van der Waals surface area (Å²) < 4.78 is 5.53. The maximum absolute atomic E-state index is 12.0. The van der Waals surface area contributed by atoms with Gasteiger partial charge in [-0.1, -0.05) is 18.2 Å². The first-order valence-corrected chi connectivity index (χ1v) is 9.03. The summed E-state index contributed by atoms with van der Waals surface area (Å²) in [5, 5.41) is 12.1. The number of benzene rings is 1. The van der Waals surface area contributed by atoms with Gasteiger partial charge in [0.25, 0.3) is 0 Å². The Labute approximate surface area is 148 Å². The highest BCUT2D eigenvalue weighted by Gasteiger charge is 2.37. The molecule has 2 aliphatic carbocycles. The summed E-state index contributed by atoms with van der Waals surface area (Å²) >= 11 is 0. The average molecular weight is 346 g/mol.